The highest BCUT2D eigenvalue weighted by molar-refractivity contribution is 5.99. The molecule has 6 nitrogen and oxygen atoms in total. The smallest absolute Gasteiger partial charge is 0.308 e. The van der Waals surface area contributed by atoms with Crippen LogP contribution in [0, 0.1) is 5.92 Å². The lowest BCUT2D eigenvalue weighted by Gasteiger charge is -2.22. The number of anilines is 1. The van der Waals surface area contributed by atoms with Crippen molar-refractivity contribution in [1.82, 2.24) is 9.88 Å². The molecule has 0 bridgehead atoms. The molecule has 1 heterocycles. The Balaban J connectivity index is 2.91. The molecular formula is C13H19N3O3. The molecule has 0 radical (unpaired) electrons. The van der Waals surface area contributed by atoms with Crippen molar-refractivity contribution in [2.75, 3.05) is 32.6 Å². The molecule has 0 saturated heterocycles. The minimum absolute atomic E-state index is 0.163. The number of rotatable bonds is 5. The number of aromatic nitrogens is 1. The summed E-state index contributed by atoms with van der Waals surface area (Å²) in [6.45, 7) is 1.73. The molecule has 0 aliphatic carbocycles. The van der Waals surface area contributed by atoms with Crippen LogP contribution in [0.5, 0.6) is 0 Å². The maximum absolute atomic E-state index is 12.3. The van der Waals surface area contributed by atoms with Gasteiger partial charge in [-0.2, -0.15) is 0 Å². The van der Waals surface area contributed by atoms with Gasteiger partial charge in [-0.15, -0.1) is 0 Å². The summed E-state index contributed by atoms with van der Waals surface area (Å²) < 4.78 is 0. The van der Waals surface area contributed by atoms with Crippen LogP contribution in [-0.4, -0.2) is 54.6 Å². The summed E-state index contributed by atoms with van der Waals surface area (Å²) in [5.41, 5.74) is 1.22. The lowest BCUT2D eigenvalue weighted by molar-refractivity contribution is -0.141. The van der Waals surface area contributed by atoms with Crippen molar-refractivity contribution < 1.29 is 14.7 Å². The van der Waals surface area contributed by atoms with Crippen molar-refractivity contribution in [3.63, 3.8) is 0 Å². The largest absolute Gasteiger partial charge is 0.481 e. The first-order chi connectivity index (χ1) is 8.84. The lowest BCUT2D eigenvalue weighted by Crippen LogP contribution is -2.34. The summed E-state index contributed by atoms with van der Waals surface area (Å²) in [5, 5.41) is 8.87. The Morgan fingerprint density at radius 1 is 1.37 bits per heavy atom. The molecular weight excluding hydrogens is 246 g/mol. The maximum atomic E-state index is 12.3. The summed E-state index contributed by atoms with van der Waals surface area (Å²) in [5.74, 6) is -1.75. The molecule has 104 valence electrons. The fraction of sp³-hybridized carbons (Fsp3) is 0.462. The van der Waals surface area contributed by atoms with E-state index in [1.54, 1.807) is 26.2 Å². The molecule has 0 aliphatic rings. The molecule has 0 spiro atoms. The van der Waals surface area contributed by atoms with Crippen LogP contribution >= 0.6 is 0 Å². The zero-order chi connectivity index (χ0) is 14.6. The van der Waals surface area contributed by atoms with E-state index in [0.717, 1.165) is 5.69 Å². The summed E-state index contributed by atoms with van der Waals surface area (Å²) in [6, 6.07) is 1.75. The van der Waals surface area contributed by atoms with Crippen LogP contribution < -0.4 is 4.90 Å². The number of aliphatic carboxylic acids is 1. The first-order valence-corrected chi connectivity index (χ1v) is 5.94. The third-order valence-corrected chi connectivity index (χ3v) is 2.83. The number of amides is 1. The second kappa shape index (κ2) is 6.17. The van der Waals surface area contributed by atoms with E-state index >= 15 is 0 Å². The predicted molar refractivity (Wildman–Crippen MR) is 72.3 cm³/mol. The van der Waals surface area contributed by atoms with Crippen LogP contribution in [0.3, 0.4) is 0 Å². The van der Waals surface area contributed by atoms with E-state index < -0.39 is 11.9 Å². The zero-order valence-electron chi connectivity index (χ0n) is 11.6. The quantitative estimate of drug-likeness (QED) is 0.857. The second-order valence-corrected chi connectivity index (χ2v) is 4.71. The molecule has 0 saturated carbocycles. The van der Waals surface area contributed by atoms with E-state index in [1.807, 2.05) is 19.0 Å². The van der Waals surface area contributed by atoms with E-state index in [9.17, 15) is 9.59 Å². The van der Waals surface area contributed by atoms with E-state index in [4.69, 9.17) is 5.11 Å². The highest BCUT2D eigenvalue weighted by Crippen LogP contribution is 2.18. The molecule has 19 heavy (non-hydrogen) atoms. The van der Waals surface area contributed by atoms with Gasteiger partial charge >= 0.3 is 5.97 Å². The molecule has 1 rings (SSSR count). The van der Waals surface area contributed by atoms with Crippen molar-refractivity contribution >= 4 is 17.6 Å². The van der Waals surface area contributed by atoms with Crippen molar-refractivity contribution in [2.45, 2.75) is 6.92 Å². The maximum Gasteiger partial charge on any atom is 0.308 e. The number of carbonyl (C=O) groups excluding carboxylic acids is 1. The molecule has 1 aromatic heterocycles. The van der Waals surface area contributed by atoms with Crippen LogP contribution in [0.25, 0.3) is 0 Å². The monoisotopic (exact) mass is 265 g/mol. The first kappa shape index (κ1) is 14.9. The number of carboxylic acid groups (broad SMARTS) is 1. The average molecular weight is 265 g/mol. The lowest BCUT2D eigenvalue weighted by atomic mass is 10.1. The zero-order valence-corrected chi connectivity index (χ0v) is 11.6. The predicted octanol–water partition coefficient (Wildman–Crippen LogP) is 0.940. The molecule has 1 N–H and O–H groups in total. The third-order valence-electron chi connectivity index (χ3n) is 2.83. The highest BCUT2D eigenvalue weighted by Gasteiger charge is 2.21. The van der Waals surface area contributed by atoms with Gasteiger partial charge in [0.15, 0.2) is 0 Å². The number of hydrogen-bond donors (Lipinski definition) is 1. The van der Waals surface area contributed by atoms with Gasteiger partial charge in [-0.1, -0.05) is 6.92 Å². The van der Waals surface area contributed by atoms with Crippen molar-refractivity contribution in [3.8, 4) is 0 Å². The Labute approximate surface area is 112 Å². The summed E-state index contributed by atoms with van der Waals surface area (Å²) in [6.07, 6.45) is 3.12. The third kappa shape index (κ3) is 3.67. The van der Waals surface area contributed by atoms with Gasteiger partial charge in [-0.25, -0.2) is 0 Å². The van der Waals surface area contributed by atoms with E-state index in [2.05, 4.69) is 4.98 Å². The van der Waals surface area contributed by atoms with Crippen LogP contribution in [0.15, 0.2) is 18.5 Å². The molecule has 0 aromatic carbocycles. The molecule has 1 unspecified atom stereocenters. The fourth-order valence-electron chi connectivity index (χ4n) is 1.72. The van der Waals surface area contributed by atoms with Gasteiger partial charge in [0.2, 0.25) is 0 Å². The Morgan fingerprint density at radius 2 is 2.00 bits per heavy atom. The first-order valence-electron chi connectivity index (χ1n) is 5.94. The normalized spacial score (nSPS) is 11.8. The Hall–Kier alpha value is -2.11. The van der Waals surface area contributed by atoms with Gasteiger partial charge in [0.1, 0.15) is 0 Å². The second-order valence-electron chi connectivity index (χ2n) is 4.71. The van der Waals surface area contributed by atoms with E-state index in [1.165, 1.54) is 11.1 Å². The standard InChI is InChI=1S/C13H19N3O3/c1-9(13(18)19)8-16(4)12(17)10-7-14-6-5-11(10)15(2)3/h5-7,9H,8H2,1-4H3,(H,18,19). The van der Waals surface area contributed by atoms with Gasteiger partial charge in [0.25, 0.3) is 5.91 Å². The Morgan fingerprint density at radius 3 is 2.53 bits per heavy atom. The minimum Gasteiger partial charge on any atom is -0.481 e. The topological polar surface area (TPSA) is 73.7 Å². The number of carbonyl (C=O) groups is 2. The number of pyridine rings is 1. The minimum atomic E-state index is -0.918. The summed E-state index contributed by atoms with van der Waals surface area (Å²) in [7, 11) is 5.27. The number of nitrogens with zero attached hydrogens (tertiary/aromatic N) is 3. The highest BCUT2D eigenvalue weighted by atomic mass is 16.4. The van der Waals surface area contributed by atoms with E-state index in [0.29, 0.717) is 5.56 Å². The summed E-state index contributed by atoms with van der Waals surface area (Å²) >= 11 is 0. The van der Waals surface area contributed by atoms with Gasteiger partial charge in [-0.3, -0.25) is 14.6 Å². The van der Waals surface area contributed by atoms with Crippen LogP contribution in [0.4, 0.5) is 5.69 Å². The van der Waals surface area contributed by atoms with Crippen LogP contribution in [0.1, 0.15) is 17.3 Å². The summed E-state index contributed by atoms with van der Waals surface area (Å²) in [4.78, 5) is 30.3. The molecule has 0 fully saturated rings. The van der Waals surface area contributed by atoms with Crippen molar-refractivity contribution in [3.05, 3.63) is 24.0 Å². The van der Waals surface area contributed by atoms with Gasteiger partial charge in [-0.05, 0) is 6.07 Å². The molecule has 1 amide bonds. The van der Waals surface area contributed by atoms with Crippen LogP contribution in [-0.2, 0) is 4.79 Å². The molecule has 6 heteroatoms. The Kier molecular flexibility index (Phi) is 4.86. The SMILES string of the molecule is CC(CN(C)C(=O)c1cnccc1N(C)C)C(=O)O. The number of hydrogen-bond acceptors (Lipinski definition) is 4. The molecule has 1 atom stereocenters. The van der Waals surface area contributed by atoms with Gasteiger partial charge < -0.3 is 14.9 Å². The van der Waals surface area contributed by atoms with E-state index in [-0.39, 0.29) is 12.5 Å². The fourth-order valence-corrected chi connectivity index (χ4v) is 1.72. The average Bonchev–Trinajstić information content (AvgIpc) is 2.37. The Bertz CT molecular complexity index is 474. The molecule has 1 aromatic rings. The number of carboxylic acids is 1. The van der Waals surface area contributed by atoms with Gasteiger partial charge in [0, 0.05) is 40.1 Å². The van der Waals surface area contributed by atoms with Crippen molar-refractivity contribution in [1.29, 1.82) is 0 Å². The van der Waals surface area contributed by atoms with Gasteiger partial charge in [0.05, 0.1) is 17.2 Å². The molecule has 0 aliphatic heterocycles. The van der Waals surface area contributed by atoms with Crippen LogP contribution in [0.2, 0.25) is 0 Å². The van der Waals surface area contributed by atoms with Crippen molar-refractivity contribution in [2.24, 2.45) is 5.92 Å².